The molecule has 3 heteroatoms. The normalized spacial score (nSPS) is 14.5. The highest BCUT2D eigenvalue weighted by atomic mass is 16.5. The largest absolute Gasteiger partial charge is 0.510 e. The summed E-state index contributed by atoms with van der Waals surface area (Å²) in [4.78, 5) is 0. The van der Waals surface area contributed by atoms with Gasteiger partial charge < -0.3 is 14.9 Å². The maximum Gasteiger partial charge on any atom is 0.117 e. The van der Waals surface area contributed by atoms with Gasteiger partial charge in [0.1, 0.15) is 11.9 Å². The maximum atomic E-state index is 9.52. The standard InChI is InChI=1S/C10H20O3/c1-3-5-9(12)10(6-4-2)13-8-7-11/h5,10-12H,3-4,6-8H2,1-2H3. The van der Waals surface area contributed by atoms with Crippen LogP contribution >= 0.6 is 0 Å². The number of hydrogen-bond donors (Lipinski definition) is 2. The SMILES string of the molecule is CCC=C(O)C(CCC)OCCO. The van der Waals surface area contributed by atoms with Gasteiger partial charge in [0.15, 0.2) is 0 Å². The quantitative estimate of drug-likeness (QED) is 0.601. The summed E-state index contributed by atoms with van der Waals surface area (Å²) < 4.78 is 5.28. The van der Waals surface area contributed by atoms with E-state index in [-0.39, 0.29) is 25.1 Å². The molecule has 2 N–H and O–H groups in total. The number of hydrogen-bond acceptors (Lipinski definition) is 3. The first-order valence-electron chi connectivity index (χ1n) is 4.87. The zero-order valence-corrected chi connectivity index (χ0v) is 8.49. The smallest absolute Gasteiger partial charge is 0.117 e. The molecule has 0 aromatic heterocycles. The van der Waals surface area contributed by atoms with E-state index >= 15 is 0 Å². The monoisotopic (exact) mass is 188 g/mol. The molecule has 0 aliphatic heterocycles. The van der Waals surface area contributed by atoms with Crippen LogP contribution in [-0.4, -0.2) is 29.5 Å². The Hall–Kier alpha value is -0.540. The number of allylic oxidation sites excluding steroid dienone is 1. The topological polar surface area (TPSA) is 49.7 Å². The average molecular weight is 188 g/mol. The molecule has 0 radical (unpaired) electrons. The van der Waals surface area contributed by atoms with E-state index in [9.17, 15) is 5.11 Å². The number of ether oxygens (including phenoxy) is 1. The minimum absolute atomic E-state index is 0.000378. The van der Waals surface area contributed by atoms with Crippen LogP contribution in [0.3, 0.4) is 0 Å². The fraction of sp³-hybridized carbons (Fsp3) is 0.800. The molecule has 78 valence electrons. The predicted octanol–water partition coefficient (Wildman–Crippen LogP) is 2.02. The fourth-order valence-electron chi connectivity index (χ4n) is 1.11. The average Bonchev–Trinajstić information content (AvgIpc) is 2.12. The molecular formula is C10H20O3. The molecule has 0 aliphatic carbocycles. The molecule has 13 heavy (non-hydrogen) atoms. The van der Waals surface area contributed by atoms with Crippen LogP contribution in [0.5, 0.6) is 0 Å². The second-order valence-corrected chi connectivity index (χ2v) is 2.91. The third-order valence-electron chi connectivity index (χ3n) is 1.70. The lowest BCUT2D eigenvalue weighted by molar-refractivity contribution is 0.0218. The second kappa shape index (κ2) is 8.08. The summed E-state index contributed by atoms with van der Waals surface area (Å²) in [6.45, 7) is 4.28. The van der Waals surface area contributed by atoms with Crippen LogP contribution in [0.2, 0.25) is 0 Å². The van der Waals surface area contributed by atoms with Crippen LogP contribution < -0.4 is 0 Å². The third-order valence-corrected chi connectivity index (χ3v) is 1.70. The first-order chi connectivity index (χ1) is 6.26. The molecule has 0 heterocycles. The summed E-state index contributed by atoms with van der Waals surface area (Å²) in [7, 11) is 0. The Kier molecular flexibility index (Phi) is 7.74. The summed E-state index contributed by atoms with van der Waals surface area (Å²) in [5, 5.41) is 18.1. The van der Waals surface area contributed by atoms with Crippen molar-refractivity contribution < 1.29 is 14.9 Å². The molecule has 0 bridgehead atoms. The minimum atomic E-state index is -0.239. The lowest BCUT2D eigenvalue weighted by Gasteiger charge is -2.15. The van der Waals surface area contributed by atoms with E-state index in [1.165, 1.54) is 0 Å². The molecular weight excluding hydrogens is 168 g/mol. The van der Waals surface area contributed by atoms with Crippen LogP contribution in [0, 0.1) is 0 Å². The fourth-order valence-corrected chi connectivity index (χ4v) is 1.11. The third kappa shape index (κ3) is 5.66. The van der Waals surface area contributed by atoms with E-state index in [2.05, 4.69) is 0 Å². The second-order valence-electron chi connectivity index (χ2n) is 2.91. The van der Waals surface area contributed by atoms with Crippen molar-refractivity contribution in [2.24, 2.45) is 0 Å². The van der Waals surface area contributed by atoms with Gasteiger partial charge in [-0.2, -0.15) is 0 Å². The molecule has 0 saturated heterocycles. The van der Waals surface area contributed by atoms with E-state index in [1.54, 1.807) is 6.08 Å². The van der Waals surface area contributed by atoms with Crippen molar-refractivity contribution in [2.45, 2.75) is 39.2 Å². The highest BCUT2D eigenvalue weighted by Crippen LogP contribution is 2.11. The Morgan fingerprint density at radius 1 is 1.46 bits per heavy atom. The molecule has 0 spiro atoms. The Morgan fingerprint density at radius 3 is 2.62 bits per heavy atom. The summed E-state index contributed by atoms with van der Waals surface area (Å²) in [6, 6.07) is 0. The van der Waals surface area contributed by atoms with Crippen molar-refractivity contribution in [1.29, 1.82) is 0 Å². The predicted molar refractivity (Wildman–Crippen MR) is 52.7 cm³/mol. The molecule has 0 amide bonds. The van der Waals surface area contributed by atoms with E-state index in [1.807, 2.05) is 13.8 Å². The van der Waals surface area contributed by atoms with Gasteiger partial charge in [0.2, 0.25) is 0 Å². The minimum Gasteiger partial charge on any atom is -0.510 e. The van der Waals surface area contributed by atoms with Crippen LogP contribution in [0.25, 0.3) is 0 Å². The molecule has 0 fully saturated rings. The van der Waals surface area contributed by atoms with Gasteiger partial charge in [-0.3, -0.25) is 0 Å². The summed E-state index contributed by atoms with van der Waals surface area (Å²) in [5.74, 6) is 0.290. The van der Waals surface area contributed by atoms with E-state index in [0.717, 1.165) is 19.3 Å². The highest BCUT2D eigenvalue weighted by molar-refractivity contribution is 4.97. The Morgan fingerprint density at radius 2 is 2.15 bits per heavy atom. The highest BCUT2D eigenvalue weighted by Gasteiger charge is 2.11. The van der Waals surface area contributed by atoms with E-state index in [0.29, 0.717) is 0 Å². The Bertz CT molecular complexity index is 143. The Balaban J connectivity index is 3.98. The van der Waals surface area contributed by atoms with E-state index in [4.69, 9.17) is 9.84 Å². The molecule has 1 unspecified atom stereocenters. The summed E-state index contributed by atoms with van der Waals surface area (Å²) in [5.41, 5.74) is 0. The molecule has 0 aromatic carbocycles. The van der Waals surface area contributed by atoms with Crippen LogP contribution in [0.1, 0.15) is 33.1 Å². The zero-order chi connectivity index (χ0) is 10.1. The van der Waals surface area contributed by atoms with Gasteiger partial charge in [0, 0.05) is 0 Å². The van der Waals surface area contributed by atoms with Crippen molar-refractivity contribution in [1.82, 2.24) is 0 Å². The number of aliphatic hydroxyl groups excluding tert-OH is 2. The van der Waals surface area contributed by atoms with E-state index < -0.39 is 0 Å². The lowest BCUT2D eigenvalue weighted by atomic mass is 10.1. The van der Waals surface area contributed by atoms with Crippen LogP contribution in [0.4, 0.5) is 0 Å². The number of aliphatic hydroxyl groups is 2. The lowest BCUT2D eigenvalue weighted by Crippen LogP contribution is -2.17. The first-order valence-corrected chi connectivity index (χ1v) is 4.87. The van der Waals surface area contributed by atoms with Crippen molar-refractivity contribution in [2.75, 3.05) is 13.2 Å². The Labute approximate surface area is 80.0 Å². The number of rotatable bonds is 7. The molecule has 0 rings (SSSR count). The van der Waals surface area contributed by atoms with Gasteiger partial charge in [0.05, 0.1) is 13.2 Å². The maximum absolute atomic E-state index is 9.52. The zero-order valence-electron chi connectivity index (χ0n) is 8.49. The van der Waals surface area contributed by atoms with Gasteiger partial charge in [-0.05, 0) is 18.9 Å². The van der Waals surface area contributed by atoms with Crippen molar-refractivity contribution in [3.63, 3.8) is 0 Å². The summed E-state index contributed by atoms with van der Waals surface area (Å²) >= 11 is 0. The van der Waals surface area contributed by atoms with Crippen LogP contribution in [0.15, 0.2) is 11.8 Å². The van der Waals surface area contributed by atoms with Crippen molar-refractivity contribution in [3.8, 4) is 0 Å². The van der Waals surface area contributed by atoms with Gasteiger partial charge in [0.25, 0.3) is 0 Å². The molecule has 1 atom stereocenters. The molecule has 0 aromatic rings. The summed E-state index contributed by atoms with van der Waals surface area (Å²) in [6.07, 6.45) is 4.06. The van der Waals surface area contributed by atoms with Gasteiger partial charge >= 0.3 is 0 Å². The van der Waals surface area contributed by atoms with Crippen LogP contribution in [-0.2, 0) is 4.74 Å². The van der Waals surface area contributed by atoms with Gasteiger partial charge in [-0.1, -0.05) is 20.3 Å². The van der Waals surface area contributed by atoms with Gasteiger partial charge in [-0.15, -0.1) is 0 Å². The molecule has 0 saturated carbocycles. The molecule has 0 aliphatic rings. The van der Waals surface area contributed by atoms with Gasteiger partial charge in [-0.25, -0.2) is 0 Å². The first kappa shape index (κ1) is 12.5. The van der Waals surface area contributed by atoms with Crippen molar-refractivity contribution in [3.05, 3.63) is 11.8 Å². The molecule has 3 nitrogen and oxygen atoms in total. The van der Waals surface area contributed by atoms with Crippen molar-refractivity contribution >= 4 is 0 Å².